The molecule has 6 heterocycles. The van der Waals surface area contributed by atoms with E-state index in [0.29, 0.717) is 50.5 Å². The number of halogens is 1. The van der Waals surface area contributed by atoms with Crippen LogP contribution in [0.25, 0.3) is 0 Å². The number of amides is 6. The molecule has 2 atom stereocenters. The zero-order valence-electron chi connectivity index (χ0n) is 49.6. The summed E-state index contributed by atoms with van der Waals surface area (Å²) >= 11 is 0.262. The van der Waals surface area contributed by atoms with Crippen LogP contribution < -0.4 is 37.6 Å². The van der Waals surface area contributed by atoms with E-state index in [0.717, 1.165) is 34.3 Å². The number of rotatable bonds is 4. The second-order valence-corrected chi connectivity index (χ2v) is 23.7. The number of ether oxygens (including phenoxy) is 5. The van der Waals surface area contributed by atoms with E-state index in [4.69, 9.17) is 37.2 Å². The van der Waals surface area contributed by atoms with Gasteiger partial charge in [-0.05, 0) is 143 Å². The second kappa shape index (κ2) is 36.7. The third kappa shape index (κ3) is 36.6. The maximum atomic E-state index is 12.4. The van der Waals surface area contributed by atoms with Crippen LogP contribution >= 0.6 is 22.6 Å². The average Bonchev–Trinajstić information content (AvgIpc) is 3.33. The van der Waals surface area contributed by atoms with Gasteiger partial charge < -0.3 is 71.1 Å². The Hall–Kier alpha value is -6.71. The van der Waals surface area contributed by atoms with E-state index in [9.17, 15) is 43.2 Å². The summed E-state index contributed by atoms with van der Waals surface area (Å²) in [6, 6.07) is 6.93. The van der Waals surface area contributed by atoms with E-state index in [1.165, 1.54) is 9.80 Å². The summed E-state index contributed by atoms with van der Waals surface area (Å²) in [5, 5.41) is 10.9. The molecule has 2 aromatic heterocycles. The molecule has 0 bridgehead atoms. The number of pyridine rings is 2. The van der Waals surface area contributed by atoms with E-state index in [1.54, 1.807) is 97.2 Å². The summed E-state index contributed by atoms with van der Waals surface area (Å²) in [6.45, 7) is 23.4. The van der Waals surface area contributed by atoms with Crippen LogP contribution in [0.1, 0.15) is 128 Å². The molecule has 3 fully saturated rings. The topological polar surface area (TPSA) is 370 Å². The van der Waals surface area contributed by atoms with Crippen molar-refractivity contribution < 1.29 is 92.1 Å². The van der Waals surface area contributed by atoms with E-state index < -0.39 is 59.3 Å². The summed E-state index contributed by atoms with van der Waals surface area (Å²) in [5.41, 5.74) is 10.2. The molecule has 3 saturated heterocycles. The monoisotopic (exact) mass is 1450 g/mol. The van der Waals surface area contributed by atoms with Gasteiger partial charge in [0.1, 0.15) is 39.8 Å². The van der Waals surface area contributed by atoms with Crippen molar-refractivity contribution in [3.05, 3.63) is 52.0 Å². The molecule has 0 spiro atoms. The van der Waals surface area contributed by atoms with Gasteiger partial charge in [0.15, 0.2) is 0 Å². The third-order valence-electron chi connectivity index (χ3n) is 10.3. The fourth-order valence-electron chi connectivity index (χ4n) is 6.51. The van der Waals surface area contributed by atoms with Crippen molar-refractivity contribution in [2.45, 2.75) is 163 Å². The fraction of sp³-hybridized carbons (Fsp3) is 0.604. The Morgan fingerprint density at radius 1 is 0.659 bits per heavy atom. The summed E-state index contributed by atoms with van der Waals surface area (Å²) < 4.78 is 42.5. The Balaban J connectivity index is 0.000000991. The van der Waals surface area contributed by atoms with Crippen LogP contribution in [-0.2, 0) is 72.9 Å². The van der Waals surface area contributed by atoms with Gasteiger partial charge in [0.25, 0.3) is 0 Å². The van der Waals surface area contributed by atoms with Crippen LogP contribution in [0, 0.1) is 3.57 Å². The number of piperidine rings is 3. The van der Waals surface area contributed by atoms with Gasteiger partial charge in [-0.1, -0.05) is 0 Å². The Labute approximate surface area is 502 Å². The molecule has 29 heteroatoms. The standard InChI is InChI=1S/C16H24N4O3.C11H20N2O3.C10H18O5.C6H10N2O.C5H5IN2.C5H7NO2.2O.Pt/c1-16(2,3)23-15(22)19(4)11-7-8-20(14(21)9-11)12-5-6-13(17)18-10-12;1-11(2,3)16-10(15)13(4)8-5-6-12-9(14)7-8;1-9(2,3)14-7(11)13-8(12)15-10(4,5)6;1-7-5-2-3-8-6(9)4-5;6-4-1-2-5(7)8-3-4;7-4-1-2-6-5(8)3-4;;;/h5-6,10-11H,7-9H2,1-4H3,(H2,17,18);8H,5-7H2,1-4H3,(H,12,14);1-6H3;4,7H,2-3H2,1H3,(H,8,9);1-3H,(H2,7,8);1-3H2,(H,6,8);;;. The number of carbonyl (C=O) groups excluding carboxylic acids is 9. The molecule has 464 valence electrons. The third-order valence-corrected chi connectivity index (χ3v) is 10.9. The number of ketones is 1. The van der Waals surface area contributed by atoms with Crippen LogP contribution in [0.2, 0.25) is 0 Å². The van der Waals surface area contributed by atoms with Gasteiger partial charge in [-0.2, -0.15) is 0 Å². The minimum absolute atomic E-state index is 0.00519. The summed E-state index contributed by atoms with van der Waals surface area (Å²) in [5.74, 6) is 0.863. The summed E-state index contributed by atoms with van der Waals surface area (Å²) in [6.07, 6.45) is 5.61. The van der Waals surface area contributed by atoms with Crippen LogP contribution in [0.5, 0.6) is 0 Å². The predicted molar refractivity (Wildman–Crippen MR) is 306 cm³/mol. The molecular formula is C53H84IN11O16Pt. The number of nitrogens with zero attached hydrogens (tertiary/aromatic N) is 5. The molecule has 8 N–H and O–H groups in total. The van der Waals surface area contributed by atoms with Crippen LogP contribution in [0.15, 0.2) is 48.4 Å². The molecule has 6 rings (SSSR count). The van der Waals surface area contributed by atoms with Gasteiger partial charge in [0.05, 0.1) is 18.3 Å². The van der Waals surface area contributed by atoms with Crippen LogP contribution in [0.4, 0.5) is 36.5 Å². The molecule has 2 unspecified atom stereocenters. The molecular weight excluding hydrogens is 1370 g/mol. The molecule has 0 aliphatic carbocycles. The van der Waals surface area contributed by atoms with Crippen molar-refractivity contribution in [1.29, 1.82) is 0 Å². The first-order valence-corrected chi connectivity index (χ1v) is 28.7. The molecule has 0 aromatic carbocycles. The van der Waals surface area contributed by atoms with E-state index in [1.807, 2.05) is 54.7 Å². The first-order valence-electron chi connectivity index (χ1n) is 25.8. The number of hydrogen-bond acceptors (Lipinski definition) is 21. The normalized spacial score (nSPS) is 16.7. The molecule has 4 aliphatic heterocycles. The van der Waals surface area contributed by atoms with Crippen LogP contribution in [0.3, 0.4) is 0 Å². The summed E-state index contributed by atoms with van der Waals surface area (Å²) in [4.78, 5) is 113. The second-order valence-electron chi connectivity index (χ2n) is 22.1. The predicted octanol–water partition coefficient (Wildman–Crippen LogP) is 6.13. The van der Waals surface area contributed by atoms with Gasteiger partial charge in [0.2, 0.25) is 23.6 Å². The van der Waals surface area contributed by atoms with Crippen molar-refractivity contribution in [1.82, 2.24) is 41.0 Å². The molecule has 0 radical (unpaired) electrons. The SMILES string of the molecule is CC(C)(C)OC(=O)OC(=O)OC(C)(C)C.CN(C(=O)OC(C)(C)C)C1CCN(c2ccc(N)nc2)C(=O)C1.CN(C(=O)OC(C)(C)C)C1CCNC(=O)C1.CNC1=CC(=O)NCC1.Nc1ccc(I)cn1.O=C1CCNC(=O)C1.[O]=[Pt]=[O]. The first-order chi connectivity index (χ1) is 37.8. The number of Topliss-reactive ketones (excluding diaryl/α,β-unsaturated/α-hetero) is 1. The zero-order chi connectivity index (χ0) is 63.2. The maximum absolute atomic E-state index is 12.4. The van der Waals surface area contributed by atoms with Crippen molar-refractivity contribution in [2.24, 2.45) is 0 Å². The Morgan fingerprint density at radius 2 is 1.12 bits per heavy atom. The zero-order valence-corrected chi connectivity index (χ0v) is 54.0. The van der Waals surface area contributed by atoms with E-state index >= 15 is 0 Å². The molecule has 82 heavy (non-hydrogen) atoms. The Morgan fingerprint density at radius 3 is 1.48 bits per heavy atom. The van der Waals surface area contributed by atoms with Gasteiger partial charge in [-0.15, -0.1) is 0 Å². The van der Waals surface area contributed by atoms with Gasteiger partial charge in [0, 0.05) is 107 Å². The van der Waals surface area contributed by atoms with E-state index in [-0.39, 0.29) is 60.4 Å². The molecule has 2 aromatic rings. The van der Waals surface area contributed by atoms with Crippen molar-refractivity contribution in [3.8, 4) is 0 Å². The number of nitrogens with two attached hydrogens (primary N) is 2. The fourth-order valence-corrected chi connectivity index (χ4v) is 6.83. The number of nitrogen functional groups attached to an aromatic ring is 2. The number of aromatic nitrogens is 2. The van der Waals surface area contributed by atoms with Gasteiger partial charge in [-0.25, -0.2) is 29.1 Å². The van der Waals surface area contributed by atoms with Gasteiger partial charge >= 0.3 is 49.8 Å². The molecule has 4 aliphatic rings. The molecule has 0 saturated carbocycles. The Bertz CT molecular complexity index is 2430. The molecule has 6 amide bonds. The van der Waals surface area contributed by atoms with E-state index in [2.05, 4.69) is 58.6 Å². The van der Waals surface area contributed by atoms with Gasteiger partial charge in [-0.3, -0.25) is 24.0 Å². The minimum atomic E-state index is -1.92. The first kappa shape index (κ1) is 75.3. The number of hydrogen-bond donors (Lipinski definition) is 6. The number of anilines is 3. The average molecular weight is 1450 g/mol. The number of carbonyl (C=O) groups is 9. The quantitative estimate of drug-likeness (QED) is 0.0867. The van der Waals surface area contributed by atoms with Crippen molar-refractivity contribution in [3.63, 3.8) is 0 Å². The summed E-state index contributed by atoms with van der Waals surface area (Å²) in [7, 11) is 5.17. The number of nitrogens with one attached hydrogen (secondary N) is 4. The van der Waals surface area contributed by atoms with Crippen molar-refractivity contribution in [2.75, 3.05) is 63.7 Å². The van der Waals surface area contributed by atoms with Crippen LogP contribution in [-0.4, -0.2) is 155 Å². The molecule has 27 nitrogen and oxygen atoms in total. The van der Waals surface area contributed by atoms with Crippen molar-refractivity contribution >= 4 is 93.8 Å². The Kier molecular flexibility index (Phi) is 33.7.